The summed E-state index contributed by atoms with van der Waals surface area (Å²) in [6.07, 6.45) is 2.89. The van der Waals surface area contributed by atoms with Gasteiger partial charge in [0.1, 0.15) is 5.69 Å². The highest BCUT2D eigenvalue weighted by molar-refractivity contribution is 7.07. The first kappa shape index (κ1) is 14.1. The Balaban J connectivity index is 1.89. The number of amides is 1. The molecular weight excluding hydrogens is 284 g/mol. The van der Waals surface area contributed by atoms with Crippen molar-refractivity contribution in [3.63, 3.8) is 0 Å². The summed E-state index contributed by atoms with van der Waals surface area (Å²) in [4.78, 5) is 14.9. The van der Waals surface area contributed by atoms with E-state index in [1.54, 1.807) is 23.1 Å². The minimum atomic E-state index is -0.00380. The molecule has 0 aliphatic heterocycles. The van der Waals surface area contributed by atoms with Gasteiger partial charge in [-0.15, -0.1) is 0 Å². The SMILES string of the molecule is CCc1nn(C)c(C(=O)N(Cc2ccsc2)C2CC2)c1N. The van der Waals surface area contributed by atoms with Gasteiger partial charge in [0.05, 0.1) is 11.4 Å². The van der Waals surface area contributed by atoms with Crippen LogP contribution in [0, 0.1) is 0 Å². The molecule has 2 heterocycles. The maximum atomic E-state index is 12.9. The molecule has 2 N–H and O–H groups in total. The van der Waals surface area contributed by atoms with E-state index >= 15 is 0 Å². The first-order valence-corrected chi connectivity index (χ1v) is 8.19. The van der Waals surface area contributed by atoms with E-state index in [1.807, 2.05) is 17.2 Å². The Morgan fingerprint density at radius 2 is 2.33 bits per heavy atom. The summed E-state index contributed by atoms with van der Waals surface area (Å²) >= 11 is 1.66. The fraction of sp³-hybridized carbons (Fsp3) is 0.467. The number of anilines is 1. The number of hydrogen-bond donors (Lipinski definition) is 1. The summed E-state index contributed by atoms with van der Waals surface area (Å²) in [7, 11) is 1.79. The Morgan fingerprint density at radius 3 is 2.86 bits per heavy atom. The topological polar surface area (TPSA) is 64.2 Å². The van der Waals surface area contributed by atoms with Crippen LogP contribution in [0.2, 0.25) is 0 Å². The van der Waals surface area contributed by atoms with Gasteiger partial charge in [0, 0.05) is 19.6 Å². The molecule has 0 unspecified atom stereocenters. The minimum Gasteiger partial charge on any atom is -0.395 e. The third-order valence-corrected chi connectivity index (χ3v) is 4.61. The Morgan fingerprint density at radius 1 is 1.57 bits per heavy atom. The first-order valence-electron chi connectivity index (χ1n) is 7.25. The summed E-state index contributed by atoms with van der Waals surface area (Å²) in [5.41, 5.74) is 9.15. The average Bonchev–Trinajstić information content (AvgIpc) is 3.09. The second kappa shape index (κ2) is 5.52. The summed E-state index contributed by atoms with van der Waals surface area (Å²) in [5.74, 6) is -0.00380. The fourth-order valence-electron chi connectivity index (χ4n) is 2.58. The third kappa shape index (κ3) is 2.68. The zero-order valence-corrected chi connectivity index (χ0v) is 13.2. The van der Waals surface area contributed by atoms with E-state index in [-0.39, 0.29) is 5.91 Å². The molecular formula is C15H20N4OS. The van der Waals surface area contributed by atoms with Crippen molar-refractivity contribution in [1.82, 2.24) is 14.7 Å². The van der Waals surface area contributed by atoms with Gasteiger partial charge >= 0.3 is 0 Å². The molecule has 1 amide bonds. The summed E-state index contributed by atoms with van der Waals surface area (Å²) in [6, 6.07) is 2.41. The van der Waals surface area contributed by atoms with Crippen molar-refractivity contribution in [3.8, 4) is 0 Å². The van der Waals surface area contributed by atoms with Crippen LogP contribution in [-0.2, 0) is 20.0 Å². The zero-order chi connectivity index (χ0) is 15.0. The number of thiophene rings is 1. The lowest BCUT2D eigenvalue weighted by atomic mass is 10.2. The van der Waals surface area contributed by atoms with E-state index in [0.29, 0.717) is 24.0 Å². The van der Waals surface area contributed by atoms with Crippen molar-refractivity contribution in [2.75, 3.05) is 5.73 Å². The van der Waals surface area contributed by atoms with Crippen molar-refractivity contribution in [2.45, 2.75) is 38.8 Å². The van der Waals surface area contributed by atoms with Gasteiger partial charge in [0.25, 0.3) is 5.91 Å². The van der Waals surface area contributed by atoms with Crippen molar-refractivity contribution >= 4 is 22.9 Å². The van der Waals surface area contributed by atoms with Gasteiger partial charge < -0.3 is 10.6 Å². The van der Waals surface area contributed by atoms with Crippen LogP contribution in [0.1, 0.15) is 41.5 Å². The van der Waals surface area contributed by atoms with E-state index in [2.05, 4.69) is 16.5 Å². The van der Waals surface area contributed by atoms with Crippen molar-refractivity contribution in [2.24, 2.45) is 7.05 Å². The summed E-state index contributed by atoms with van der Waals surface area (Å²) in [5, 5.41) is 8.49. The number of aromatic nitrogens is 2. The highest BCUT2D eigenvalue weighted by atomic mass is 32.1. The molecule has 2 aromatic heterocycles. The van der Waals surface area contributed by atoms with E-state index in [0.717, 1.165) is 25.0 Å². The van der Waals surface area contributed by atoms with Crippen molar-refractivity contribution < 1.29 is 4.79 Å². The predicted molar refractivity (Wildman–Crippen MR) is 84.2 cm³/mol. The van der Waals surface area contributed by atoms with Gasteiger partial charge in [0.15, 0.2) is 0 Å². The lowest BCUT2D eigenvalue weighted by molar-refractivity contribution is 0.0720. The van der Waals surface area contributed by atoms with E-state index in [9.17, 15) is 4.79 Å². The highest BCUT2D eigenvalue weighted by Crippen LogP contribution is 2.31. The molecule has 2 aromatic rings. The quantitative estimate of drug-likeness (QED) is 0.922. The number of nitrogens with zero attached hydrogens (tertiary/aromatic N) is 3. The van der Waals surface area contributed by atoms with Crippen molar-refractivity contribution in [1.29, 1.82) is 0 Å². The molecule has 1 aliphatic carbocycles. The van der Waals surface area contributed by atoms with Crippen LogP contribution in [-0.4, -0.2) is 26.6 Å². The number of carbonyl (C=O) groups is 1. The maximum absolute atomic E-state index is 12.9. The van der Waals surface area contributed by atoms with Gasteiger partial charge in [-0.1, -0.05) is 6.92 Å². The van der Waals surface area contributed by atoms with Crippen LogP contribution >= 0.6 is 11.3 Å². The number of hydrogen-bond acceptors (Lipinski definition) is 4. The van der Waals surface area contributed by atoms with Gasteiger partial charge in [-0.3, -0.25) is 9.48 Å². The molecule has 0 radical (unpaired) electrons. The van der Waals surface area contributed by atoms with E-state index < -0.39 is 0 Å². The fourth-order valence-corrected chi connectivity index (χ4v) is 3.24. The number of nitrogen functional groups attached to an aromatic ring is 1. The van der Waals surface area contributed by atoms with Gasteiger partial charge in [-0.2, -0.15) is 16.4 Å². The first-order chi connectivity index (χ1) is 10.1. The molecule has 5 nitrogen and oxygen atoms in total. The molecule has 0 saturated heterocycles. The summed E-state index contributed by atoms with van der Waals surface area (Å²) < 4.78 is 1.62. The van der Waals surface area contributed by atoms with Crippen molar-refractivity contribution in [3.05, 3.63) is 33.8 Å². The lowest BCUT2D eigenvalue weighted by Gasteiger charge is -2.22. The van der Waals surface area contributed by atoms with Crippen LogP contribution in [0.5, 0.6) is 0 Å². The van der Waals surface area contributed by atoms with Crippen LogP contribution in [0.3, 0.4) is 0 Å². The number of carbonyl (C=O) groups excluding carboxylic acids is 1. The number of rotatable bonds is 5. The average molecular weight is 304 g/mol. The van der Waals surface area contributed by atoms with Gasteiger partial charge in [-0.25, -0.2) is 0 Å². The van der Waals surface area contributed by atoms with Crippen LogP contribution in [0.4, 0.5) is 5.69 Å². The summed E-state index contributed by atoms with van der Waals surface area (Å²) in [6.45, 7) is 2.65. The molecule has 0 atom stereocenters. The second-order valence-corrected chi connectivity index (χ2v) is 6.26. The molecule has 21 heavy (non-hydrogen) atoms. The number of nitrogens with two attached hydrogens (primary N) is 1. The maximum Gasteiger partial charge on any atom is 0.274 e. The molecule has 1 saturated carbocycles. The van der Waals surface area contributed by atoms with Crippen LogP contribution < -0.4 is 5.73 Å². The molecule has 0 aromatic carbocycles. The van der Waals surface area contributed by atoms with Gasteiger partial charge in [0.2, 0.25) is 0 Å². The molecule has 6 heteroatoms. The Kier molecular flexibility index (Phi) is 3.71. The lowest BCUT2D eigenvalue weighted by Crippen LogP contribution is -2.34. The second-order valence-electron chi connectivity index (χ2n) is 5.48. The van der Waals surface area contributed by atoms with Gasteiger partial charge in [-0.05, 0) is 41.7 Å². The number of aryl methyl sites for hydroxylation is 2. The third-order valence-electron chi connectivity index (χ3n) is 3.88. The van der Waals surface area contributed by atoms with E-state index in [4.69, 9.17) is 5.73 Å². The Labute approximate surface area is 128 Å². The Hall–Kier alpha value is -1.82. The van der Waals surface area contributed by atoms with E-state index in [1.165, 1.54) is 5.56 Å². The normalized spacial score (nSPS) is 14.4. The molecule has 0 spiro atoms. The monoisotopic (exact) mass is 304 g/mol. The molecule has 1 fully saturated rings. The molecule has 112 valence electrons. The highest BCUT2D eigenvalue weighted by Gasteiger charge is 2.35. The van der Waals surface area contributed by atoms with Crippen LogP contribution in [0.15, 0.2) is 16.8 Å². The smallest absolute Gasteiger partial charge is 0.274 e. The minimum absolute atomic E-state index is 0.00380. The predicted octanol–water partition coefficient (Wildman–Crippen LogP) is 2.43. The standard InChI is InChI=1S/C15H20N4OS/c1-3-12-13(16)14(18(2)17-12)15(20)19(11-4-5-11)8-10-6-7-21-9-10/h6-7,9,11H,3-5,8,16H2,1-2H3. The zero-order valence-electron chi connectivity index (χ0n) is 12.4. The molecule has 0 bridgehead atoms. The van der Waals surface area contributed by atoms with Crippen LogP contribution in [0.25, 0.3) is 0 Å². The molecule has 3 rings (SSSR count). The molecule has 1 aliphatic rings. The largest absolute Gasteiger partial charge is 0.395 e. The Bertz CT molecular complexity index is 643.